The van der Waals surface area contributed by atoms with Crippen LogP contribution >= 0.6 is 0 Å². The van der Waals surface area contributed by atoms with E-state index in [-0.39, 0.29) is 38.0 Å². The lowest BCUT2D eigenvalue weighted by Gasteiger charge is -2.18. The largest absolute Gasteiger partial charge is 0.462 e. The average molecular weight is 895 g/mol. The molecule has 0 amide bonds. The Bertz CT molecular complexity index is 1490. The van der Waals surface area contributed by atoms with E-state index < -0.39 is 12.1 Å². The summed E-state index contributed by atoms with van der Waals surface area (Å²) in [6.45, 7) is 6.22. The van der Waals surface area contributed by atoms with Crippen LogP contribution in [0.15, 0.2) is 146 Å². The van der Waals surface area contributed by atoms with Crippen molar-refractivity contribution >= 4 is 17.9 Å². The van der Waals surface area contributed by atoms with Crippen LogP contribution in [-0.2, 0) is 28.6 Å². The predicted molar refractivity (Wildman–Crippen MR) is 279 cm³/mol. The number of allylic oxidation sites excluding steroid dienone is 24. The molecule has 0 radical (unpaired) electrons. The van der Waals surface area contributed by atoms with Crippen LogP contribution in [0.4, 0.5) is 0 Å². The maximum atomic E-state index is 12.8. The molecule has 0 fully saturated rings. The Morgan fingerprint density at radius 2 is 0.646 bits per heavy atom. The van der Waals surface area contributed by atoms with Crippen molar-refractivity contribution in [2.75, 3.05) is 13.2 Å². The fraction of sp³-hybridized carbons (Fsp3) is 0.542. The number of unbranched alkanes of at least 4 members (excludes halogenated alkanes) is 8. The van der Waals surface area contributed by atoms with Gasteiger partial charge in [0.25, 0.3) is 0 Å². The summed E-state index contributed by atoms with van der Waals surface area (Å²) in [5, 5.41) is 0. The summed E-state index contributed by atoms with van der Waals surface area (Å²) in [5.74, 6) is -1.10. The summed E-state index contributed by atoms with van der Waals surface area (Å²) in [4.78, 5) is 37.9. The smallest absolute Gasteiger partial charge is 0.306 e. The van der Waals surface area contributed by atoms with Gasteiger partial charge in [-0.25, -0.2) is 0 Å². The standard InChI is InChI=1S/C59H90O6/c1-4-7-10-13-16-19-22-24-26-28-29-31-32-34-37-40-43-46-49-52-58(61)64-55-56(54-63-57(60)51-48-45-42-39-36-21-18-15-12-9-6-3)65-59(62)53-50-47-44-41-38-35-33-30-27-25-23-20-17-14-11-8-5-2/h7-8,10-11,15-20,24-27,29,31,33-35,37,41,43-44,46,56H,4-6,9,12-14,21-23,28,30,32,36,38-40,42,45,47-55H2,1-3H3/b10-7-,11-8-,18-15-,19-16-,20-17-,26-24-,27-25-,31-29-,35-33-,37-34-,44-41-,46-43-/t56-/m1/s1. The molecule has 6 nitrogen and oxygen atoms in total. The molecular formula is C59H90O6. The van der Waals surface area contributed by atoms with Gasteiger partial charge in [-0.2, -0.15) is 0 Å². The van der Waals surface area contributed by atoms with Crippen molar-refractivity contribution in [2.45, 2.75) is 194 Å². The first kappa shape index (κ1) is 60.3. The molecule has 0 saturated carbocycles. The Labute approximate surface area is 397 Å². The number of hydrogen-bond donors (Lipinski definition) is 0. The third-order valence-corrected chi connectivity index (χ3v) is 9.82. The monoisotopic (exact) mass is 895 g/mol. The van der Waals surface area contributed by atoms with Crippen LogP contribution in [0.2, 0.25) is 0 Å². The first-order valence-corrected chi connectivity index (χ1v) is 25.3. The molecule has 0 N–H and O–H groups in total. The maximum absolute atomic E-state index is 12.8. The minimum absolute atomic E-state index is 0.135. The predicted octanol–water partition coefficient (Wildman–Crippen LogP) is 16.9. The summed E-state index contributed by atoms with van der Waals surface area (Å²) in [7, 11) is 0. The first-order chi connectivity index (χ1) is 32.0. The molecule has 0 aliphatic rings. The van der Waals surface area contributed by atoms with E-state index in [1.165, 1.54) is 19.3 Å². The summed E-state index contributed by atoms with van der Waals surface area (Å²) in [6, 6.07) is 0. The molecule has 362 valence electrons. The van der Waals surface area contributed by atoms with E-state index >= 15 is 0 Å². The number of hydrogen-bond acceptors (Lipinski definition) is 6. The minimum atomic E-state index is -0.847. The van der Waals surface area contributed by atoms with E-state index in [2.05, 4.69) is 154 Å². The number of carbonyl (C=O) groups excluding carboxylic acids is 3. The summed E-state index contributed by atoms with van der Waals surface area (Å²) < 4.78 is 16.6. The lowest BCUT2D eigenvalue weighted by atomic mass is 10.1. The van der Waals surface area contributed by atoms with Gasteiger partial charge in [0.1, 0.15) is 13.2 Å². The molecular weight excluding hydrogens is 805 g/mol. The van der Waals surface area contributed by atoms with Gasteiger partial charge in [-0.1, -0.05) is 199 Å². The van der Waals surface area contributed by atoms with E-state index in [1.807, 2.05) is 12.2 Å². The van der Waals surface area contributed by atoms with Gasteiger partial charge in [0.2, 0.25) is 0 Å². The fourth-order valence-corrected chi connectivity index (χ4v) is 6.07. The Balaban J connectivity index is 4.62. The summed E-state index contributed by atoms with van der Waals surface area (Å²) >= 11 is 0. The van der Waals surface area contributed by atoms with Crippen LogP contribution in [-0.4, -0.2) is 37.2 Å². The van der Waals surface area contributed by atoms with Crippen molar-refractivity contribution < 1.29 is 28.6 Å². The van der Waals surface area contributed by atoms with Crippen LogP contribution in [0.25, 0.3) is 0 Å². The van der Waals surface area contributed by atoms with E-state index in [1.54, 1.807) is 0 Å². The molecule has 65 heavy (non-hydrogen) atoms. The lowest BCUT2D eigenvalue weighted by Crippen LogP contribution is -2.30. The van der Waals surface area contributed by atoms with E-state index in [0.29, 0.717) is 19.3 Å². The Kier molecular flexibility index (Phi) is 48.2. The van der Waals surface area contributed by atoms with E-state index in [9.17, 15) is 14.4 Å². The van der Waals surface area contributed by atoms with Crippen LogP contribution in [0.3, 0.4) is 0 Å². The number of esters is 3. The highest BCUT2D eigenvalue weighted by Gasteiger charge is 2.19. The lowest BCUT2D eigenvalue weighted by molar-refractivity contribution is -0.166. The van der Waals surface area contributed by atoms with Gasteiger partial charge < -0.3 is 14.2 Å². The second-order valence-electron chi connectivity index (χ2n) is 16.0. The molecule has 0 aromatic heterocycles. The second kappa shape index (κ2) is 51.9. The molecule has 0 bridgehead atoms. The Hall–Kier alpha value is -4.71. The van der Waals surface area contributed by atoms with Gasteiger partial charge in [0.05, 0.1) is 0 Å². The van der Waals surface area contributed by atoms with E-state index in [0.717, 1.165) is 116 Å². The maximum Gasteiger partial charge on any atom is 0.306 e. The van der Waals surface area contributed by atoms with Gasteiger partial charge in [0, 0.05) is 19.3 Å². The van der Waals surface area contributed by atoms with Crippen LogP contribution in [0.1, 0.15) is 188 Å². The molecule has 1 atom stereocenters. The molecule has 0 aromatic rings. The quantitative estimate of drug-likeness (QED) is 0.0263. The minimum Gasteiger partial charge on any atom is -0.462 e. The highest BCUT2D eigenvalue weighted by Crippen LogP contribution is 2.11. The molecule has 0 aromatic carbocycles. The summed E-state index contributed by atoms with van der Waals surface area (Å²) in [6.07, 6.45) is 74.2. The molecule has 6 heteroatoms. The second-order valence-corrected chi connectivity index (χ2v) is 16.0. The molecule has 0 unspecified atom stereocenters. The molecule has 0 aliphatic heterocycles. The normalized spacial score (nSPS) is 13.3. The van der Waals surface area contributed by atoms with Crippen molar-refractivity contribution in [3.63, 3.8) is 0 Å². The van der Waals surface area contributed by atoms with Crippen LogP contribution < -0.4 is 0 Å². The van der Waals surface area contributed by atoms with Crippen molar-refractivity contribution in [3.05, 3.63) is 146 Å². The first-order valence-electron chi connectivity index (χ1n) is 25.3. The van der Waals surface area contributed by atoms with E-state index in [4.69, 9.17) is 14.2 Å². The van der Waals surface area contributed by atoms with Crippen molar-refractivity contribution in [2.24, 2.45) is 0 Å². The van der Waals surface area contributed by atoms with Crippen LogP contribution in [0, 0.1) is 0 Å². The summed E-state index contributed by atoms with van der Waals surface area (Å²) in [5.41, 5.74) is 0. The van der Waals surface area contributed by atoms with Gasteiger partial charge in [0.15, 0.2) is 6.10 Å². The molecule has 0 heterocycles. The number of ether oxygens (including phenoxy) is 3. The van der Waals surface area contributed by atoms with Gasteiger partial charge >= 0.3 is 17.9 Å². The zero-order chi connectivity index (χ0) is 47.2. The zero-order valence-electron chi connectivity index (χ0n) is 41.2. The average Bonchev–Trinajstić information content (AvgIpc) is 3.30. The number of rotatable bonds is 43. The Morgan fingerprint density at radius 3 is 1.09 bits per heavy atom. The van der Waals surface area contributed by atoms with Crippen molar-refractivity contribution in [3.8, 4) is 0 Å². The third kappa shape index (κ3) is 50.2. The third-order valence-electron chi connectivity index (χ3n) is 9.82. The van der Waals surface area contributed by atoms with Gasteiger partial charge in [-0.15, -0.1) is 0 Å². The molecule has 0 spiro atoms. The Morgan fingerprint density at radius 1 is 0.323 bits per heavy atom. The van der Waals surface area contributed by atoms with Crippen molar-refractivity contribution in [1.29, 1.82) is 0 Å². The SMILES string of the molecule is CC/C=C\C/C=C\C/C=C\C/C=C\C/C=C\C/C=C\CCC(=O)OC[C@@H](COC(=O)CCCCCCC/C=C\CCCC)OC(=O)CCC/C=C\C/C=C\C/C=C\C/C=C\C/C=C\CC. The highest BCUT2D eigenvalue weighted by molar-refractivity contribution is 5.71. The highest BCUT2D eigenvalue weighted by atomic mass is 16.6. The van der Waals surface area contributed by atoms with Gasteiger partial charge in [-0.3, -0.25) is 14.4 Å². The number of carbonyl (C=O) groups is 3. The van der Waals surface area contributed by atoms with Crippen molar-refractivity contribution in [1.82, 2.24) is 0 Å². The molecule has 0 rings (SSSR count). The van der Waals surface area contributed by atoms with Gasteiger partial charge in [-0.05, 0) is 116 Å². The van der Waals surface area contributed by atoms with Crippen LogP contribution in [0.5, 0.6) is 0 Å². The molecule has 0 aliphatic carbocycles. The fourth-order valence-electron chi connectivity index (χ4n) is 6.07. The molecule has 0 saturated heterocycles. The topological polar surface area (TPSA) is 78.9 Å². The zero-order valence-corrected chi connectivity index (χ0v) is 41.2.